The molecule has 0 spiro atoms. The Kier molecular flexibility index (Phi) is 8.10. The van der Waals surface area contributed by atoms with Crippen molar-refractivity contribution in [2.45, 2.75) is 34.2 Å². The molecule has 2 heterocycles. The minimum Gasteiger partial charge on any atom is -0.307 e. The van der Waals surface area contributed by atoms with Crippen LogP contribution in [0.3, 0.4) is 0 Å². The molecule has 0 unspecified atom stereocenters. The summed E-state index contributed by atoms with van der Waals surface area (Å²) in [6.07, 6.45) is 6.62. The van der Waals surface area contributed by atoms with E-state index in [0.717, 1.165) is 11.2 Å². The third-order valence-corrected chi connectivity index (χ3v) is 3.68. The maximum Gasteiger partial charge on any atom is 0.211 e. The zero-order chi connectivity index (χ0) is 15.8. The molecular formula is C14H25N3O2S. The minimum atomic E-state index is -3.13. The Labute approximate surface area is 122 Å². The highest BCUT2D eigenvalue weighted by molar-refractivity contribution is 7.88. The summed E-state index contributed by atoms with van der Waals surface area (Å²) in [5.41, 5.74) is 1.78. The zero-order valence-corrected chi connectivity index (χ0v) is 14.0. The molecule has 2 aromatic rings. The quantitative estimate of drug-likeness (QED) is 0.875. The molecule has 0 N–H and O–H groups in total. The highest BCUT2D eigenvalue weighted by atomic mass is 32.2. The molecule has 0 saturated carbocycles. The molecule has 0 amide bonds. The maximum absolute atomic E-state index is 11.3. The number of hydrogen-bond donors (Lipinski definition) is 0. The van der Waals surface area contributed by atoms with E-state index in [2.05, 4.69) is 4.98 Å². The summed E-state index contributed by atoms with van der Waals surface area (Å²) in [4.78, 5) is 4.12. The first kappa shape index (κ1) is 18.6. The first-order chi connectivity index (χ1) is 9.47. The average Bonchev–Trinajstić information content (AvgIpc) is 2.89. The Hall–Kier alpha value is -1.40. The molecule has 0 saturated heterocycles. The van der Waals surface area contributed by atoms with E-state index in [1.54, 1.807) is 13.2 Å². The molecule has 0 fully saturated rings. The van der Waals surface area contributed by atoms with Crippen molar-refractivity contribution in [2.24, 2.45) is 0 Å². The lowest BCUT2D eigenvalue weighted by Crippen LogP contribution is -2.24. The molecule has 0 aromatic carbocycles. The molecule has 5 nitrogen and oxygen atoms in total. The van der Waals surface area contributed by atoms with E-state index in [0.29, 0.717) is 6.54 Å². The summed E-state index contributed by atoms with van der Waals surface area (Å²) in [5, 5.41) is 0. The zero-order valence-electron chi connectivity index (χ0n) is 13.2. The van der Waals surface area contributed by atoms with Crippen LogP contribution in [-0.2, 0) is 16.6 Å². The topological polar surface area (TPSA) is 54.7 Å². The number of imidazole rings is 1. The van der Waals surface area contributed by atoms with E-state index in [1.807, 2.05) is 56.6 Å². The van der Waals surface area contributed by atoms with E-state index >= 15 is 0 Å². The van der Waals surface area contributed by atoms with Crippen LogP contribution >= 0.6 is 0 Å². The normalized spacial score (nSPS) is 10.6. The predicted octanol–water partition coefficient (Wildman–Crippen LogP) is 2.78. The van der Waals surface area contributed by atoms with E-state index in [4.69, 9.17) is 0 Å². The summed E-state index contributed by atoms with van der Waals surface area (Å²) in [5.74, 6) is 0. The van der Waals surface area contributed by atoms with Gasteiger partial charge >= 0.3 is 0 Å². The predicted molar refractivity (Wildman–Crippen MR) is 84.2 cm³/mol. The number of fused-ring (bicyclic) bond motifs is 1. The van der Waals surface area contributed by atoms with E-state index in [-0.39, 0.29) is 0 Å². The smallest absolute Gasteiger partial charge is 0.211 e. The van der Waals surface area contributed by atoms with Crippen LogP contribution in [0.4, 0.5) is 0 Å². The first-order valence-electron chi connectivity index (χ1n) is 6.80. The van der Waals surface area contributed by atoms with Gasteiger partial charge in [-0.2, -0.15) is 0 Å². The second-order valence-corrected chi connectivity index (χ2v) is 5.84. The van der Waals surface area contributed by atoms with Crippen molar-refractivity contribution in [3.63, 3.8) is 0 Å². The lowest BCUT2D eigenvalue weighted by molar-refractivity contribution is 0.471. The van der Waals surface area contributed by atoms with Crippen molar-refractivity contribution in [2.75, 3.05) is 13.3 Å². The molecule has 0 radical (unpaired) electrons. The average molecular weight is 299 g/mol. The second kappa shape index (κ2) is 8.71. The van der Waals surface area contributed by atoms with Crippen LogP contribution in [0, 0.1) is 0 Å². The van der Waals surface area contributed by atoms with Gasteiger partial charge in [-0.15, -0.1) is 0 Å². The van der Waals surface area contributed by atoms with Gasteiger partial charge in [-0.1, -0.05) is 33.8 Å². The van der Waals surface area contributed by atoms with Crippen molar-refractivity contribution >= 4 is 15.7 Å². The number of aromatic nitrogens is 2. The van der Waals surface area contributed by atoms with Crippen LogP contribution in [0.2, 0.25) is 0 Å². The number of hydrogen-bond acceptors (Lipinski definition) is 3. The Morgan fingerprint density at radius 3 is 2.35 bits per heavy atom. The summed E-state index contributed by atoms with van der Waals surface area (Å²) in [7, 11) is -1.57. The van der Waals surface area contributed by atoms with Crippen LogP contribution < -0.4 is 0 Å². The van der Waals surface area contributed by atoms with E-state index < -0.39 is 10.0 Å². The van der Waals surface area contributed by atoms with Gasteiger partial charge in [0, 0.05) is 32.2 Å². The summed E-state index contributed by atoms with van der Waals surface area (Å²) < 4.78 is 25.7. The fourth-order valence-corrected chi connectivity index (χ4v) is 1.82. The lowest BCUT2D eigenvalue weighted by atomic mass is 10.3. The Morgan fingerprint density at radius 2 is 1.80 bits per heavy atom. The fourth-order valence-electron chi connectivity index (χ4n) is 1.43. The first-order valence-corrected chi connectivity index (χ1v) is 8.64. The largest absolute Gasteiger partial charge is 0.307 e. The van der Waals surface area contributed by atoms with Crippen molar-refractivity contribution < 1.29 is 8.42 Å². The molecule has 2 rings (SSSR count). The standard InChI is InChI=1S/C10H13N3O2S.2C2H6/c1-12(16(2,14)15)7-9-3-4-10-11-5-6-13(10)8-9;2*1-2/h3-6,8H,7H2,1-2H3;2*1-2H3. The Bertz CT molecular complexity index is 606. The molecule has 0 bridgehead atoms. The van der Waals surface area contributed by atoms with Gasteiger partial charge in [0.25, 0.3) is 0 Å². The molecule has 20 heavy (non-hydrogen) atoms. The molecule has 6 heteroatoms. The van der Waals surface area contributed by atoms with Gasteiger partial charge in [0.05, 0.1) is 6.26 Å². The number of rotatable bonds is 3. The number of sulfonamides is 1. The van der Waals surface area contributed by atoms with Crippen LogP contribution in [0.15, 0.2) is 30.7 Å². The molecule has 0 aliphatic heterocycles. The second-order valence-electron chi connectivity index (χ2n) is 3.75. The van der Waals surface area contributed by atoms with Gasteiger partial charge in [-0.05, 0) is 11.6 Å². The summed E-state index contributed by atoms with van der Waals surface area (Å²) in [6.45, 7) is 8.37. The highest BCUT2D eigenvalue weighted by Gasteiger charge is 2.11. The van der Waals surface area contributed by atoms with Crippen LogP contribution in [0.1, 0.15) is 33.3 Å². The van der Waals surface area contributed by atoms with Crippen molar-refractivity contribution in [1.82, 2.24) is 13.7 Å². The maximum atomic E-state index is 11.3. The van der Waals surface area contributed by atoms with Gasteiger partial charge in [-0.3, -0.25) is 0 Å². The fraction of sp³-hybridized carbons (Fsp3) is 0.500. The molecule has 114 valence electrons. The third-order valence-electron chi connectivity index (χ3n) is 2.42. The van der Waals surface area contributed by atoms with Gasteiger partial charge in [0.2, 0.25) is 10.0 Å². The molecule has 0 aliphatic rings. The number of nitrogens with zero attached hydrogens (tertiary/aromatic N) is 3. The lowest BCUT2D eigenvalue weighted by Gasteiger charge is -2.13. The van der Waals surface area contributed by atoms with Crippen LogP contribution in [0.25, 0.3) is 5.65 Å². The molecule has 0 aliphatic carbocycles. The van der Waals surface area contributed by atoms with Crippen molar-refractivity contribution in [1.29, 1.82) is 0 Å². The van der Waals surface area contributed by atoms with E-state index in [9.17, 15) is 8.42 Å². The van der Waals surface area contributed by atoms with Gasteiger partial charge < -0.3 is 4.40 Å². The monoisotopic (exact) mass is 299 g/mol. The molecule has 0 atom stereocenters. The highest BCUT2D eigenvalue weighted by Crippen LogP contribution is 2.08. The minimum absolute atomic E-state index is 0.368. The number of pyridine rings is 1. The van der Waals surface area contributed by atoms with Gasteiger partial charge in [-0.25, -0.2) is 17.7 Å². The van der Waals surface area contributed by atoms with Gasteiger partial charge in [0.1, 0.15) is 5.65 Å². The summed E-state index contributed by atoms with van der Waals surface area (Å²) >= 11 is 0. The Balaban J connectivity index is 0.000000829. The molecule has 2 aromatic heterocycles. The van der Waals surface area contributed by atoms with Crippen molar-refractivity contribution in [3.05, 3.63) is 36.3 Å². The van der Waals surface area contributed by atoms with Gasteiger partial charge in [0.15, 0.2) is 0 Å². The van der Waals surface area contributed by atoms with Crippen LogP contribution in [0.5, 0.6) is 0 Å². The Morgan fingerprint density at radius 1 is 1.20 bits per heavy atom. The van der Waals surface area contributed by atoms with Crippen molar-refractivity contribution in [3.8, 4) is 0 Å². The SMILES string of the molecule is CC.CC.CN(Cc1ccc2nccn2c1)S(C)(=O)=O. The molecular weight excluding hydrogens is 274 g/mol. The van der Waals surface area contributed by atoms with Crippen LogP contribution in [-0.4, -0.2) is 35.4 Å². The van der Waals surface area contributed by atoms with E-state index in [1.165, 1.54) is 10.6 Å². The summed E-state index contributed by atoms with van der Waals surface area (Å²) in [6, 6.07) is 3.75. The third kappa shape index (κ3) is 5.30.